The highest BCUT2D eigenvalue weighted by atomic mass is 35.5. The quantitative estimate of drug-likeness (QED) is 0.464. The Balaban J connectivity index is 1.28. The molecule has 3 amide bonds. The zero-order chi connectivity index (χ0) is 24.1. The summed E-state index contributed by atoms with van der Waals surface area (Å²) in [6.07, 6.45) is 1.78. The Morgan fingerprint density at radius 3 is 2.44 bits per heavy atom. The molecule has 1 aliphatic carbocycles. The summed E-state index contributed by atoms with van der Waals surface area (Å²) in [5.74, 6) is -1.13. The zero-order valence-electron chi connectivity index (χ0n) is 18.1. The Morgan fingerprint density at radius 2 is 1.76 bits per heavy atom. The van der Waals surface area contributed by atoms with Crippen LogP contribution in [0.25, 0.3) is 0 Å². The number of nitrogens with zero attached hydrogens (tertiary/aromatic N) is 2. The van der Waals surface area contributed by atoms with Gasteiger partial charge in [-0.25, -0.2) is 9.37 Å². The van der Waals surface area contributed by atoms with Crippen LogP contribution in [0.15, 0.2) is 53.9 Å². The molecule has 1 aromatic heterocycles. The van der Waals surface area contributed by atoms with Crippen LogP contribution in [-0.4, -0.2) is 40.2 Å². The maximum absolute atomic E-state index is 13.0. The van der Waals surface area contributed by atoms with Gasteiger partial charge in [-0.3, -0.25) is 14.4 Å². The standard InChI is InChI=1S/C24H22ClFN4O3S/c25-17-5-3-16(4-6-17)23(33)30(20-9-10-20)13-22(32)29-24-28-19(14-34-24)11-21(31)27-12-15-1-7-18(26)8-2-15/h1-8,14,20H,9-13H2,(H,27,31)(H,28,29,32). The van der Waals surface area contributed by atoms with Gasteiger partial charge in [-0.1, -0.05) is 23.7 Å². The average Bonchev–Trinajstić information content (AvgIpc) is 3.57. The van der Waals surface area contributed by atoms with E-state index in [-0.39, 0.29) is 49.1 Å². The van der Waals surface area contributed by atoms with Crippen LogP contribution in [0, 0.1) is 5.82 Å². The van der Waals surface area contributed by atoms with E-state index in [0.29, 0.717) is 21.4 Å². The van der Waals surface area contributed by atoms with E-state index < -0.39 is 0 Å². The number of amides is 3. The molecule has 2 N–H and O–H groups in total. The Labute approximate surface area is 204 Å². The number of benzene rings is 2. The third kappa shape index (κ3) is 6.61. The predicted molar refractivity (Wildman–Crippen MR) is 128 cm³/mol. The summed E-state index contributed by atoms with van der Waals surface area (Å²) in [5.41, 5.74) is 1.79. The molecule has 34 heavy (non-hydrogen) atoms. The van der Waals surface area contributed by atoms with Crippen molar-refractivity contribution in [2.45, 2.75) is 31.8 Å². The van der Waals surface area contributed by atoms with Crippen molar-refractivity contribution in [2.75, 3.05) is 11.9 Å². The van der Waals surface area contributed by atoms with Gasteiger partial charge >= 0.3 is 0 Å². The first-order chi connectivity index (χ1) is 16.4. The minimum absolute atomic E-state index is 0.0468. The van der Waals surface area contributed by atoms with Crippen molar-refractivity contribution >= 4 is 45.8 Å². The minimum atomic E-state index is -0.351. The Bertz CT molecular complexity index is 1180. The molecule has 0 unspecified atom stereocenters. The molecule has 2 aromatic carbocycles. The highest BCUT2D eigenvalue weighted by molar-refractivity contribution is 7.13. The van der Waals surface area contributed by atoms with Crippen LogP contribution >= 0.6 is 22.9 Å². The van der Waals surface area contributed by atoms with Gasteiger partial charge in [0.25, 0.3) is 5.91 Å². The topological polar surface area (TPSA) is 91.4 Å². The molecule has 3 aromatic rings. The lowest BCUT2D eigenvalue weighted by Gasteiger charge is -2.21. The van der Waals surface area contributed by atoms with E-state index in [2.05, 4.69) is 15.6 Å². The molecule has 1 saturated carbocycles. The zero-order valence-corrected chi connectivity index (χ0v) is 19.7. The minimum Gasteiger partial charge on any atom is -0.352 e. The van der Waals surface area contributed by atoms with Gasteiger partial charge in [-0.15, -0.1) is 11.3 Å². The lowest BCUT2D eigenvalue weighted by atomic mass is 10.2. The van der Waals surface area contributed by atoms with Crippen LogP contribution in [0.3, 0.4) is 0 Å². The second kappa shape index (κ2) is 10.8. The molecule has 0 saturated heterocycles. The highest BCUT2D eigenvalue weighted by Crippen LogP contribution is 2.28. The van der Waals surface area contributed by atoms with Gasteiger partial charge in [-0.2, -0.15) is 0 Å². The Morgan fingerprint density at radius 1 is 1.06 bits per heavy atom. The van der Waals surface area contributed by atoms with Gasteiger partial charge in [0.15, 0.2) is 5.13 Å². The molecule has 176 valence electrons. The number of hydrogen-bond acceptors (Lipinski definition) is 5. The number of carbonyl (C=O) groups excluding carboxylic acids is 3. The summed E-state index contributed by atoms with van der Waals surface area (Å²) >= 11 is 7.11. The average molecular weight is 501 g/mol. The summed E-state index contributed by atoms with van der Waals surface area (Å²) in [5, 5.41) is 8.07. The number of rotatable bonds is 9. The fraction of sp³-hybridized carbons (Fsp3) is 0.250. The number of carbonyl (C=O) groups is 3. The van der Waals surface area contributed by atoms with Crippen molar-refractivity contribution in [1.82, 2.24) is 15.2 Å². The fourth-order valence-electron chi connectivity index (χ4n) is 3.30. The monoisotopic (exact) mass is 500 g/mol. The van der Waals surface area contributed by atoms with Gasteiger partial charge in [0.1, 0.15) is 12.4 Å². The van der Waals surface area contributed by atoms with Crippen molar-refractivity contribution in [2.24, 2.45) is 0 Å². The van der Waals surface area contributed by atoms with Crippen molar-refractivity contribution < 1.29 is 18.8 Å². The van der Waals surface area contributed by atoms with Crippen molar-refractivity contribution in [3.8, 4) is 0 Å². The molecule has 0 radical (unpaired) electrons. The summed E-state index contributed by atoms with van der Waals surface area (Å²) in [7, 11) is 0. The first kappa shape index (κ1) is 23.8. The van der Waals surface area contributed by atoms with Crippen LogP contribution in [0.5, 0.6) is 0 Å². The second-order valence-corrected chi connectivity index (χ2v) is 9.24. The maximum atomic E-state index is 13.0. The summed E-state index contributed by atoms with van der Waals surface area (Å²) in [6.45, 7) is 0.199. The number of thiazole rings is 1. The number of aromatic nitrogens is 1. The summed E-state index contributed by atoms with van der Waals surface area (Å²) in [4.78, 5) is 43.5. The van der Waals surface area contributed by atoms with E-state index in [1.807, 2.05) is 0 Å². The molecule has 1 fully saturated rings. The third-order valence-electron chi connectivity index (χ3n) is 5.20. The molecule has 7 nitrogen and oxygen atoms in total. The van der Waals surface area contributed by atoms with Crippen molar-refractivity contribution in [3.63, 3.8) is 0 Å². The second-order valence-electron chi connectivity index (χ2n) is 7.94. The van der Waals surface area contributed by atoms with Crippen molar-refractivity contribution in [3.05, 3.63) is 81.6 Å². The van der Waals surface area contributed by atoms with E-state index >= 15 is 0 Å². The molecule has 1 aliphatic rings. The van der Waals surface area contributed by atoms with Crippen LogP contribution in [-0.2, 0) is 22.6 Å². The Kier molecular flexibility index (Phi) is 7.54. The number of anilines is 1. The van der Waals surface area contributed by atoms with E-state index in [4.69, 9.17) is 11.6 Å². The summed E-state index contributed by atoms with van der Waals surface area (Å²) < 4.78 is 13.0. The molecule has 4 rings (SSSR count). The lowest BCUT2D eigenvalue weighted by Crippen LogP contribution is -2.39. The van der Waals surface area contributed by atoms with Gasteiger partial charge in [0.05, 0.1) is 12.1 Å². The Hall–Kier alpha value is -3.30. The molecule has 1 heterocycles. The molecule has 0 bridgehead atoms. The lowest BCUT2D eigenvalue weighted by molar-refractivity contribution is -0.120. The molecule has 0 atom stereocenters. The summed E-state index contributed by atoms with van der Waals surface area (Å²) in [6, 6.07) is 12.5. The molecular weight excluding hydrogens is 479 g/mol. The number of halogens is 2. The van der Waals surface area contributed by atoms with E-state index in [1.165, 1.54) is 23.5 Å². The van der Waals surface area contributed by atoms with Gasteiger partial charge in [-0.05, 0) is 54.8 Å². The first-order valence-electron chi connectivity index (χ1n) is 10.7. The molecule has 10 heteroatoms. The molecule has 0 aliphatic heterocycles. The number of hydrogen-bond donors (Lipinski definition) is 2. The maximum Gasteiger partial charge on any atom is 0.254 e. The smallest absolute Gasteiger partial charge is 0.254 e. The van der Waals surface area contributed by atoms with Crippen LogP contribution < -0.4 is 10.6 Å². The van der Waals surface area contributed by atoms with E-state index in [1.54, 1.807) is 46.7 Å². The SMILES string of the molecule is O=C(Cc1csc(NC(=O)CN(C(=O)c2ccc(Cl)cc2)C2CC2)n1)NCc1ccc(F)cc1. The molecular formula is C24H22ClFN4O3S. The normalized spacial score (nSPS) is 12.8. The molecule has 0 spiro atoms. The number of nitrogens with one attached hydrogen (secondary N) is 2. The van der Waals surface area contributed by atoms with E-state index in [9.17, 15) is 18.8 Å². The van der Waals surface area contributed by atoms with Crippen LogP contribution in [0.1, 0.15) is 34.5 Å². The largest absolute Gasteiger partial charge is 0.352 e. The van der Waals surface area contributed by atoms with Gasteiger partial charge in [0.2, 0.25) is 11.8 Å². The van der Waals surface area contributed by atoms with Crippen molar-refractivity contribution in [1.29, 1.82) is 0 Å². The van der Waals surface area contributed by atoms with Crippen LogP contribution in [0.2, 0.25) is 5.02 Å². The van der Waals surface area contributed by atoms with Gasteiger partial charge < -0.3 is 15.5 Å². The third-order valence-corrected chi connectivity index (χ3v) is 6.25. The first-order valence-corrected chi connectivity index (χ1v) is 11.9. The van der Waals surface area contributed by atoms with Crippen LogP contribution in [0.4, 0.5) is 9.52 Å². The highest BCUT2D eigenvalue weighted by Gasteiger charge is 2.34. The predicted octanol–water partition coefficient (Wildman–Crippen LogP) is 4.04. The van der Waals surface area contributed by atoms with Gasteiger partial charge in [0, 0.05) is 28.6 Å². The fourth-order valence-corrected chi connectivity index (χ4v) is 4.15. The van der Waals surface area contributed by atoms with E-state index in [0.717, 1.165) is 18.4 Å².